The van der Waals surface area contributed by atoms with Crippen LogP contribution in [0.15, 0.2) is 24.8 Å². The van der Waals surface area contributed by atoms with Crippen molar-refractivity contribution in [1.29, 1.82) is 0 Å². The van der Waals surface area contributed by atoms with Crippen molar-refractivity contribution in [3.05, 3.63) is 24.8 Å². The van der Waals surface area contributed by atoms with E-state index in [0.29, 0.717) is 12.8 Å². The molecule has 1 rings (SSSR count). The monoisotopic (exact) mass is 282 g/mol. The molecule has 0 spiro atoms. The molecule has 0 bridgehead atoms. The average Bonchev–Trinajstić information content (AvgIpc) is 2.44. The molecule has 110 valence electrons. The van der Waals surface area contributed by atoms with E-state index < -0.39 is 35.8 Å². The molecule has 0 aliphatic heterocycles. The molecule has 3 unspecified atom stereocenters. The van der Waals surface area contributed by atoms with E-state index in [1.54, 1.807) is 13.0 Å². The highest BCUT2D eigenvalue weighted by Gasteiger charge is 2.34. The zero-order chi connectivity index (χ0) is 15.1. The summed E-state index contributed by atoms with van der Waals surface area (Å²) < 4.78 is 9.87. The number of aliphatic carboxylic acids is 1. The predicted molar refractivity (Wildman–Crippen MR) is 69.7 cm³/mol. The van der Waals surface area contributed by atoms with Crippen molar-refractivity contribution in [3.63, 3.8) is 0 Å². The lowest BCUT2D eigenvalue weighted by Crippen LogP contribution is -2.33. The summed E-state index contributed by atoms with van der Waals surface area (Å²) in [6, 6.07) is 0. The summed E-state index contributed by atoms with van der Waals surface area (Å²) in [4.78, 5) is 33.9. The van der Waals surface area contributed by atoms with E-state index in [1.165, 1.54) is 6.08 Å². The third-order valence-electron chi connectivity index (χ3n) is 2.95. The van der Waals surface area contributed by atoms with Gasteiger partial charge in [-0.1, -0.05) is 18.7 Å². The van der Waals surface area contributed by atoms with Gasteiger partial charge in [0.25, 0.3) is 0 Å². The molecule has 0 aromatic rings. The lowest BCUT2D eigenvalue weighted by Gasteiger charge is -2.23. The van der Waals surface area contributed by atoms with Crippen LogP contribution in [0.1, 0.15) is 19.8 Å². The minimum atomic E-state index is -1.05. The van der Waals surface area contributed by atoms with Gasteiger partial charge in [0.05, 0.1) is 11.8 Å². The molecule has 1 N–H and O–H groups in total. The number of hydrogen-bond acceptors (Lipinski definition) is 5. The normalized spacial score (nSPS) is 22.6. The molecule has 0 amide bonds. The standard InChI is InChI=1S/C14H18O6/c1-3-12(15)20-9(2)8-19-14(18)11-7-5-4-6-10(11)13(16)17/h3-4,6,9-11H,1,5,7-8H2,2H3,(H,16,17). The van der Waals surface area contributed by atoms with Crippen LogP contribution in [0.3, 0.4) is 0 Å². The topological polar surface area (TPSA) is 89.9 Å². The second-order valence-electron chi connectivity index (χ2n) is 4.56. The molecular formula is C14H18O6. The molecule has 0 heterocycles. The fourth-order valence-electron chi connectivity index (χ4n) is 1.94. The number of carbonyl (C=O) groups excluding carboxylic acids is 2. The third kappa shape index (κ3) is 4.53. The SMILES string of the molecule is C=CC(=O)OC(C)COC(=O)C1CCC=CC1C(=O)O. The van der Waals surface area contributed by atoms with Gasteiger partial charge < -0.3 is 14.6 Å². The van der Waals surface area contributed by atoms with Gasteiger partial charge in [-0.05, 0) is 19.8 Å². The minimum Gasteiger partial charge on any atom is -0.481 e. The predicted octanol–water partition coefficient (Wildman–Crippen LogP) is 1.31. The number of rotatable bonds is 6. The second-order valence-corrected chi connectivity index (χ2v) is 4.56. The van der Waals surface area contributed by atoms with E-state index in [-0.39, 0.29) is 6.61 Å². The van der Waals surface area contributed by atoms with Crippen molar-refractivity contribution in [2.75, 3.05) is 6.61 Å². The number of ether oxygens (including phenoxy) is 2. The van der Waals surface area contributed by atoms with Gasteiger partial charge in [-0.15, -0.1) is 0 Å². The zero-order valence-corrected chi connectivity index (χ0v) is 11.3. The molecule has 0 fully saturated rings. The molecule has 1 aliphatic rings. The van der Waals surface area contributed by atoms with E-state index >= 15 is 0 Å². The first kappa shape index (κ1) is 15.9. The zero-order valence-electron chi connectivity index (χ0n) is 11.3. The van der Waals surface area contributed by atoms with Gasteiger partial charge in [0.1, 0.15) is 12.7 Å². The van der Waals surface area contributed by atoms with E-state index in [4.69, 9.17) is 14.6 Å². The van der Waals surface area contributed by atoms with E-state index in [0.717, 1.165) is 6.08 Å². The highest BCUT2D eigenvalue weighted by Crippen LogP contribution is 2.26. The Morgan fingerprint density at radius 2 is 2.20 bits per heavy atom. The van der Waals surface area contributed by atoms with Gasteiger partial charge in [0.15, 0.2) is 0 Å². The molecule has 6 heteroatoms. The van der Waals surface area contributed by atoms with Crippen LogP contribution in [-0.2, 0) is 23.9 Å². The molecule has 1 aliphatic carbocycles. The van der Waals surface area contributed by atoms with Gasteiger partial charge in [-0.3, -0.25) is 9.59 Å². The molecule has 20 heavy (non-hydrogen) atoms. The van der Waals surface area contributed by atoms with Gasteiger partial charge in [-0.2, -0.15) is 0 Å². The van der Waals surface area contributed by atoms with Crippen LogP contribution in [0, 0.1) is 11.8 Å². The van der Waals surface area contributed by atoms with Crippen LogP contribution in [-0.4, -0.2) is 35.7 Å². The van der Waals surface area contributed by atoms with Crippen molar-refractivity contribution in [2.45, 2.75) is 25.9 Å². The Bertz CT molecular complexity index is 425. The van der Waals surface area contributed by atoms with Crippen LogP contribution in [0.2, 0.25) is 0 Å². The lowest BCUT2D eigenvalue weighted by molar-refractivity contribution is -0.162. The van der Waals surface area contributed by atoms with Crippen LogP contribution in [0.4, 0.5) is 0 Å². The molecule has 0 aromatic heterocycles. The lowest BCUT2D eigenvalue weighted by atomic mass is 9.84. The number of carbonyl (C=O) groups is 3. The summed E-state index contributed by atoms with van der Waals surface area (Å²) in [6.45, 7) is 4.72. The molecule has 3 atom stereocenters. The number of carboxylic acid groups (broad SMARTS) is 1. The van der Waals surface area contributed by atoms with Gasteiger partial charge in [0.2, 0.25) is 0 Å². The molecule has 0 saturated carbocycles. The Kier molecular flexibility index (Phi) is 5.96. The Hall–Kier alpha value is -2.11. The van der Waals surface area contributed by atoms with E-state index in [1.807, 2.05) is 0 Å². The first-order valence-corrected chi connectivity index (χ1v) is 6.34. The molecular weight excluding hydrogens is 264 g/mol. The van der Waals surface area contributed by atoms with Crippen LogP contribution >= 0.6 is 0 Å². The number of allylic oxidation sites excluding steroid dienone is 1. The summed E-state index contributed by atoms with van der Waals surface area (Å²) in [5, 5.41) is 9.05. The highest BCUT2D eigenvalue weighted by molar-refractivity contribution is 5.83. The maximum atomic E-state index is 11.9. The van der Waals surface area contributed by atoms with Crippen LogP contribution < -0.4 is 0 Å². The Morgan fingerprint density at radius 1 is 1.50 bits per heavy atom. The molecule has 0 aromatic carbocycles. The van der Waals surface area contributed by atoms with Gasteiger partial charge in [-0.25, -0.2) is 4.79 Å². The molecule has 0 saturated heterocycles. The maximum Gasteiger partial charge on any atom is 0.330 e. The minimum absolute atomic E-state index is 0.106. The quantitative estimate of drug-likeness (QED) is 0.449. The largest absolute Gasteiger partial charge is 0.481 e. The number of hydrogen-bond donors (Lipinski definition) is 1. The summed E-state index contributed by atoms with van der Waals surface area (Å²) in [6.07, 6.45) is 4.75. The number of carboxylic acids is 1. The third-order valence-corrected chi connectivity index (χ3v) is 2.95. The van der Waals surface area contributed by atoms with Crippen molar-refractivity contribution in [2.24, 2.45) is 11.8 Å². The average molecular weight is 282 g/mol. The summed E-state index contributed by atoms with van der Waals surface area (Å²) in [5.74, 6) is -3.78. The first-order valence-electron chi connectivity index (χ1n) is 6.34. The van der Waals surface area contributed by atoms with Crippen LogP contribution in [0.25, 0.3) is 0 Å². The fourth-order valence-corrected chi connectivity index (χ4v) is 1.94. The molecule has 6 nitrogen and oxygen atoms in total. The Morgan fingerprint density at radius 3 is 2.80 bits per heavy atom. The highest BCUT2D eigenvalue weighted by atomic mass is 16.6. The maximum absolute atomic E-state index is 11.9. The van der Waals surface area contributed by atoms with Crippen molar-refractivity contribution in [3.8, 4) is 0 Å². The van der Waals surface area contributed by atoms with Gasteiger partial charge >= 0.3 is 17.9 Å². The van der Waals surface area contributed by atoms with Crippen molar-refractivity contribution >= 4 is 17.9 Å². The summed E-state index contributed by atoms with van der Waals surface area (Å²) in [5.41, 5.74) is 0. The molecule has 0 radical (unpaired) electrons. The van der Waals surface area contributed by atoms with Crippen molar-refractivity contribution in [1.82, 2.24) is 0 Å². The van der Waals surface area contributed by atoms with Crippen molar-refractivity contribution < 1.29 is 29.0 Å². The van der Waals surface area contributed by atoms with E-state index in [2.05, 4.69) is 6.58 Å². The summed E-state index contributed by atoms with van der Waals surface area (Å²) >= 11 is 0. The Labute approximate surface area is 117 Å². The van der Waals surface area contributed by atoms with Gasteiger partial charge in [0, 0.05) is 6.08 Å². The smallest absolute Gasteiger partial charge is 0.330 e. The Balaban J connectivity index is 2.49. The fraction of sp³-hybridized carbons (Fsp3) is 0.500. The number of esters is 2. The second kappa shape index (κ2) is 7.47. The van der Waals surface area contributed by atoms with E-state index in [9.17, 15) is 14.4 Å². The summed E-state index contributed by atoms with van der Waals surface area (Å²) in [7, 11) is 0. The first-order chi connectivity index (χ1) is 9.45. The van der Waals surface area contributed by atoms with Crippen LogP contribution in [0.5, 0.6) is 0 Å².